The normalized spacial score (nSPS) is 17.8. The molecule has 0 saturated heterocycles. The number of rotatable bonds is 2. The van der Waals surface area contributed by atoms with Crippen LogP contribution in [0.2, 0.25) is 0 Å². The van der Waals surface area contributed by atoms with Crippen molar-refractivity contribution in [3.63, 3.8) is 0 Å². The van der Waals surface area contributed by atoms with Crippen LogP contribution in [0.4, 0.5) is 10.1 Å². The van der Waals surface area contributed by atoms with Gasteiger partial charge in [-0.25, -0.2) is 4.99 Å². The van der Waals surface area contributed by atoms with Gasteiger partial charge in [-0.1, -0.05) is 18.2 Å². The Morgan fingerprint density at radius 3 is 2.50 bits per heavy atom. The topological polar surface area (TPSA) is 30.8 Å². The Morgan fingerprint density at radius 2 is 1.86 bits per heavy atom. The molecule has 0 radical (unpaired) electrons. The summed E-state index contributed by atoms with van der Waals surface area (Å²) in [6.07, 6.45) is 0. The molecule has 74 valence electrons. The average Bonchev–Trinajstić information content (AvgIpc) is 2.50. The van der Waals surface area contributed by atoms with Gasteiger partial charge in [-0.2, -0.15) is 4.39 Å². The Kier molecular flexibility index (Phi) is 2.09. The summed E-state index contributed by atoms with van der Waals surface area (Å²) in [7, 11) is 2.78. The van der Waals surface area contributed by atoms with E-state index in [1.807, 2.05) is 0 Å². The monoisotopic (exact) mass is 195 g/mol. The highest BCUT2D eigenvalue weighted by Crippen LogP contribution is 2.41. The zero-order chi connectivity index (χ0) is 10.2. The van der Waals surface area contributed by atoms with Crippen LogP contribution in [0, 0.1) is 0 Å². The smallest absolute Gasteiger partial charge is 0.269 e. The van der Waals surface area contributed by atoms with E-state index < -0.39 is 11.8 Å². The number of para-hydroxylation sites is 1. The predicted octanol–water partition coefficient (Wildman–Crippen LogP) is 2.15. The van der Waals surface area contributed by atoms with Gasteiger partial charge in [0.25, 0.3) is 11.8 Å². The molecular formula is C10H10FNO2. The summed E-state index contributed by atoms with van der Waals surface area (Å²) in [6.45, 7) is 0. The Labute approximate surface area is 81.2 Å². The standard InChI is InChI=1S/C10H10FNO2/c1-13-10(14-2)7-5-3-4-6-8(7)12-9(10)11/h3-6H,1-2H3. The molecule has 0 N–H and O–H groups in total. The Morgan fingerprint density at radius 1 is 1.21 bits per heavy atom. The van der Waals surface area contributed by atoms with E-state index in [-0.39, 0.29) is 0 Å². The fourth-order valence-electron chi connectivity index (χ4n) is 1.61. The highest BCUT2D eigenvalue weighted by Gasteiger charge is 2.45. The maximum atomic E-state index is 13.5. The van der Waals surface area contributed by atoms with Crippen LogP contribution in [-0.4, -0.2) is 20.2 Å². The first-order valence-electron chi connectivity index (χ1n) is 4.19. The van der Waals surface area contributed by atoms with E-state index in [1.54, 1.807) is 24.3 Å². The van der Waals surface area contributed by atoms with Gasteiger partial charge in [-0.3, -0.25) is 0 Å². The van der Waals surface area contributed by atoms with Gasteiger partial charge in [-0.15, -0.1) is 0 Å². The summed E-state index contributed by atoms with van der Waals surface area (Å²) < 4.78 is 23.7. The molecular weight excluding hydrogens is 185 g/mol. The molecule has 0 amide bonds. The molecule has 0 fully saturated rings. The lowest BCUT2D eigenvalue weighted by atomic mass is 10.1. The maximum absolute atomic E-state index is 13.5. The van der Waals surface area contributed by atoms with Crippen LogP contribution in [0.1, 0.15) is 5.56 Å². The van der Waals surface area contributed by atoms with Crippen LogP contribution < -0.4 is 0 Å². The first-order chi connectivity index (χ1) is 6.74. The second-order valence-corrected chi connectivity index (χ2v) is 2.94. The van der Waals surface area contributed by atoms with E-state index in [0.29, 0.717) is 11.3 Å². The summed E-state index contributed by atoms with van der Waals surface area (Å²) in [5, 5.41) is 0. The van der Waals surface area contributed by atoms with Gasteiger partial charge in [0, 0.05) is 19.8 Å². The molecule has 2 rings (SSSR count). The number of hydrogen-bond donors (Lipinski definition) is 0. The van der Waals surface area contributed by atoms with Crippen molar-refractivity contribution in [1.82, 2.24) is 0 Å². The van der Waals surface area contributed by atoms with Crippen molar-refractivity contribution in [1.29, 1.82) is 0 Å². The SMILES string of the molecule is COC1(OC)C(F)=Nc2ccccc21. The van der Waals surface area contributed by atoms with E-state index in [0.717, 1.165) is 0 Å². The molecule has 3 nitrogen and oxygen atoms in total. The van der Waals surface area contributed by atoms with Crippen LogP contribution in [0.25, 0.3) is 0 Å². The third kappa shape index (κ3) is 1.01. The van der Waals surface area contributed by atoms with E-state index in [2.05, 4.69) is 4.99 Å². The highest BCUT2D eigenvalue weighted by atomic mass is 19.1. The highest BCUT2D eigenvalue weighted by molar-refractivity contribution is 5.92. The minimum atomic E-state index is -1.45. The average molecular weight is 195 g/mol. The Balaban J connectivity index is 2.60. The van der Waals surface area contributed by atoms with Gasteiger partial charge in [-0.05, 0) is 6.07 Å². The zero-order valence-corrected chi connectivity index (χ0v) is 7.95. The fourth-order valence-corrected chi connectivity index (χ4v) is 1.61. The number of nitrogens with zero attached hydrogens (tertiary/aromatic N) is 1. The number of methoxy groups -OCH3 is 2. The molecule has 1 aliphatic heterocycles. The summed E-state index contributed by atoms with van der Waals surface area (Å²) in [6, 6.07) is 7.03. The van der Waals surface area contributed by atoms with Gasteiger partial charge < -0.3 is 9.47 Å². The number of aliphatic imine (C=N–C) groups is 1. The molecule has 0 bridgehead atoms. The van der Waals surface area contributed by atoms with Gasteiger partial charge in [0.1, 0.15) is 0 Å². The van der Waals surface area contributed by atoms with Gasteiger partial charge in [0.05, 0.1) is 5.69 Å². The molecule has 0 saturated carbocycles. The summed E-state index contributed by atoms with van der Waals surface area (Å²) in [5.74, 6) is -2.11. The van der Waals surface area contributed by atoms with Crippen molar-refractivity contribution in [3.8, 4) is 0 Å². The number of ether oxygens (including phenoxy) is 2. The van der Waals surface area contributed by atoms with E-state index in [4.69, 9.17) is 9.47 Å². The first kappa shape index (κ1) is 9.30. The quantitative estimate of drug-likeness (QED) is 0.677. The second kappa shape index (κ2) is 3.15. The minimum Gasteiger partial charge on any atom is -0.343 e. The van der Waals surface area contributed by atoms with Crippen LogP contribution in [0.15, 0.2) is 29.3 Å². The first-order valence-corrected chi connectivity index (χ1v) is 4.19. The summed E-state index contributed by atoms with van der Waals surface area (Å²) in [5.41, 5.74) is 1.15. The Bertz CT molecular complexity index is 385. The van der Waals surface area contributed by atoms with Crippen molar-refractivity contribution in [3.05, 3.63) is 29.8 Å². The molecule has 14 heavy (non-hydrogen) atoms. The molecule has 4 heteroatoms. The summed E-state index contributed by atoms with van der Waals surface area (Å²) in [4.78, 5) is 3.75. The van der Waals surface area contributed by atoms with Crippen LogP contribution in [0.3, 0.4) is 0 Å². The fraction of sp³-hybridized carbons (Fsp3) is 0.300. The maximum Gasteiger partial charge on any atom is 0.269 e. The molecule has 0 spiro atoms. The van der Waals surface area contributed by atoms with Crippen LogP contribution >= 0.6 is 0 Å². The lowest BCUT2D eigenvalue weighted by Gasteiger charge is -2.24. The largest absolute Gasteiger partial charge is 0.343 e. The van der Waals surface area contributed by atoms with Gasteiger partial charge >= 0.3 is 0 Å². The molecule has 1 heterocycles. The molecule has 0 aromatic heterocycles. The lowest BCUT2D eigenvalue weighted by Crippen LogP contribution is -2.34. The number of benzene rings is 1. The van der Waals surface area contributed by atoms with Crippen molar-refractivity contribution in [2.45, 2.75) is 5.79 Å². The lowest BCUT2D eigenvalue weighted by molar-refractivity contribution is -0.164. The summed E-state index contributed by atoms with van der Waals surface area (Å²) >= 11 is 0. The Hall–Kier alpha value is -1.26. The second-order valence-electron chi connectivity index (χ2n) is 2.94. The van der Waals surface area contributed by atoms with E-state index in [9.17, 15) is 4.39 Å². The van der Waals surface area contributed by atoms with Crippen LogP contribution in [-0.2, 0) is 15.3 Å². The molecule has 0 unspecified atom stereocenters. The van der Waals surface area contributed by atoms with Crippen molar-refractivity contribution >= 4 is 11.7 Å². The van der Waals surface area contributed by atoms with Crippen molar-refractivity contribution in [2.24, 2.45) is 4.99 Å². The molecule has 1 aromatic carbocycles. The van der Waals surface area contributed by atoms with E-state index >= 15 is 0 Å². The third-order valence-corrected chi connectivity index (χ3v) is 2.32. The number of hydrogen-bond acceptors (Lipinski definition) is 3. The molecule has 0 atom stereocenters. The third-order valence-electron chi connectivity index (χ3n) is 2.32. The number of halogens is 1. The van der Waals surface area contributed by atoms with Crippen LogP contribution in [0.5, 0.6) is 0 Å². The molecule has 1 aliphatic rings. The number of fused-ring (bicyclic) bond motifs is 1. The van der Waals surface area contributed by atoms with Crippen molar-refractivity contribution in [2.75, 3.05) is 14.2 Å². The van der Waals surface area contributed by atoms with Crippen molar-refractivity contribution < 1.29 is 13.9 Å². The minimum absolute atomic E-state index is 0.550. The zero-order valence-electron chi connectivity index (χ0n) is 7.95. The van der Waals surface area contributed by atoms with Gasteiger partial charge in [0.2, 0.25) is 0 Å². The van der Waals surface area contributed by atoms with E-state index in [1.165, 1.54) is 14.2 Å². The molecule has 1 aromatic rings. The predicted molar refractivity (Wildman–Crippen MR) is 50.3 cm³/mol. The molecule has 0 aliphatic carbocycles. The van der Waals surface area contributed by atoms with Gasteiger partial charge in [0.15, 0.2) is 0 Å².